The summed E-state index contributed by atoms with van der Waals surface area (Å²) < 4.78 is 10.5. The van der Waals surface area contributed by atoms with Crippen LogP contribution in [0.25, 0.3) is 0 Å². The van der Waals surface area contributed by atoms with Crippen LogP contribution in [0.5, 0.6) is 0 Å². The van der Waals surface area contributed by atoms with Gasteiger partial charge in [0.25, 0.3) is 0 Å². The zero-order valence-corrected chi connectivity index (χ0v) is 19.8. The number of carbonyl (C=O) groups is 2. The van der Waals surface area contributed by atoms with Crippen LogP contribution in [0.3, 0.4) is 0 Å². The van der Waals surface area contributed by atoms with Crippen molar-refractivity contribution in [2.75, 3.05) is 4.90 Å². The molecule has 0 saturated heterocycles. The molecule has 0 unspecified atom stereocenters. The Morgan fingerprint density at radius 1 is 0.706 bits per heavy atom. The molecular weight excluding hydrogens is 426 g/mol. The van der Waals surface area contributed by atoms with Crippen molar-refractivity contribution in [1.29, 1.82) is 0 Å². The molecule has 0 aliphatic heterocycles. The second-order valence-corrected chi connectivity index (χ2v) is 8.22. The fraction of sp³-hybridized carbons (Fsp3) is 0.172. The molecule has 5 nitrogen and oxygen atoms in total. The molecule has 0 heterocycles. The maximum Gasteiger partial charge on any atom is 0.333 e. The Labute approximate surface area is 200 Å². The molecule has 0 saturated carbocycles. The van der Waals surface area contributed by atoms with E-state index in [1.54, 1.807) is 13.8 Å². The zero-order chi connectivity index (χ0) is 24.7. The molecule has 34 heavy (non-hydrogen) atoms. The Hall–Kier alpha value is -4.12. The summed E-state index contributed by atoms with van der Waals surface area (Å²) in [6.45, 7) is 12.9. The topological polar surface area (TPSA) is 55.8 Å². The predicted molar refractivity (Wildman–Crippen MR) is 135 cm³/mol. The van der Waals surface area contributed by atoms with Crippen LogP contribution < -0.4 is 4.90 Å². The summed E-state index contributed by atoms with van der Waals surface area (Å²) in [5.74, 6) is -0.807. The quantitative estimate of drug-likeness (QED) is 0.265. The molecule has 3 aromatic carbocycles. The smallest absolute Gasteiger partial charge is 0.333 e. The van der Waals surface area contributed by atoms with Gasteiger partial charge < -0.3 is 14.4 Å². The third-order valence-corrected chi connectivity index (χ3v) is 5.09. The van der Waals surface area contributed by atoms with E-state index in [1.165, 1.54) is 0 Å². The normalized spacial score (nSPS) is 10.3. The van der Waals surface area contributed by atoms with Gasteiger partial charge in [0.2, 0.25) is 0 Å². The van der Waals surface area contributed by atoms with E-state index in [0.717, 1.165) is 33.8 Å². The number of ether oxygens (including phenoxy) is 2. The van der Waals surface area contributed by atoms with Gasteiger partial charge in [0.05, 0.1) is 0 Å². The highest BCUT2D eigenvalue weighted by Gasteiger charge is 2.13. The maximum atomic E-state index is 11.7. The van der Waals surface area contributed by atoms with Gasteiger partial charge in [0.15, 0.2) is 0 Å². The average molecular weight is 456 g/mol. The van der Waals surface area contributed by atoms with Crippen LogP contribution in [0.2, 0.25) is 0 Å². The van der Waals surface area contributed by atoms with Crippen molar-refractivity contribution in [3.8, 4) is 0 Å². The van der Waals surface area contributed by atoms with Gasteiger partial charge in [-0.2, -0.15) is 0 Å². The number of esters is 2. The lowest BCUT2D eigenvalue weighted by Crippen LogP contribution is -2.11. The molecule has 3 aromatic rings. The van der Waals surface area contributed by atoms with Gasteiger partial charge in [0.1, 0.15) is 13.2 Å². The van der Waals surface area contributed by atoms with Crippen LogP contribution in [0.1, 0.15) is 30.5 Å². The molecule has 174 valence electrons. The summed E-state index contributed by atoms with van der Waals surface area (Å²) in [6.07, 6.45) is 0. The second kappa shape index (κ2) is 11.1. The maximum absolute atomic E-state index is 11.7. The minimum Gasteiger partial charge on any atom is -0.457 e. The summed E-state index contributed by atoms with van der Waals surface area (Å²) >= 11 is 0. The number of hydrogen-bond acceptors (Lipinski definition) is 5. The van der Waals surface area contributed by atoms with Crippen LogP contribution in [0.15, 0.2) is 97.1 Å². The molecule has 5 heteroatoms. The van der Waals surface area contributed by atoms with Crippen molar-refractivity contribution < 1.29 is 19.1 Å². The summed E-state index contributed by atoms with van der Waals surface area (Å²) in [5.41, 5.74) is 6.61. The van der Waals surface area contributed by atoms with Crippen molar-refractivity contribution in [2.45, 2.75) is 34.0 Å². The Morgan fingerprint density at radius 2 is 1.15 bits per heavy atom. The number of aryl methyl sites for hydroxylation is 1. The molecule has 0 spiro atoms. The largest absolute Gasteiger partial charge is 0.457 e. The summed E-state index contributed by atoms with van der Waals surface area (Å²) in [5, 5.41) is 0. The summed E-state index contributed by atoms with van der Waals surface area (Å²) in [7, 11) is 0. The second-order valence-electron chi connectivity index (χ2n) is 8.22. The minimum atomic E-state index is -0.403. The first-order valence-electron chi connectivity index (χ1n) is 10.9. The fourth-order valence-corrected chi connectivity index (χ4v) is 3.24. The van der Waals surface area contributed by atoms with Crippen molar-refractivity contribution in [3.63, 3.8) is 0 Å². The average Bonchev–Trinajstić information content (AvgIpc) is 2.82. The van der Waals surface area contributed by atoms with E-state index < -0.39 is 11.9 Å². The van der Waals surface area contributed by atoms with Crippen LogP contribution >= 0.6 is 0 Å². The number of anilines is 3. The van der Waals surface area contributed by atoms with Crippen LogP contribution in [0, 0.1) is 6.92 Å². The fourth-order valence-electron chi connectivity index (χ4n) is 3.24. The molecule has 0 aliphatic rings. The molecule has 0 N–H and O–H groups in total. The Bertz CT molecular complexity index is 1120. The highest BCUT2D eigenvalue weighted by molar-refractivity contribution is 5.87. The number of carbonyl (C=O) groups excluding carboxylic acids is 2. The van der Waals surface area contributed by atoms with Gasteiger partial charge in [0, 0.05) is 28.2 Å². The van der Waals surface area contributed by atoms with Gasteiger partial charge in [-0.05, 0) is 73.9 Å². The van der Waals surface area contributed by atoms with Gasteiger partial charge >= 0.3 is 11.9 Å². The van der Waals surface area contributed by atoms with Gasteiger partial charge in [-0.15, -0.1) is 0 Å². The predicted octanol–water partition coefficient (Wildman–Crippen LogP) is 6.70. The molecule has 0 fully saturated rings. The number of hydrogen-bond donors (Lipinski definition) is 0. The van der Waals surface area contributed by atoms with E-state index in [1.807, 2.05) is 54.6 Å². The highest BCUT2D eigenvalue weighted by atomic mass is 16.5. The minimum absolute atomic E-state index is 0.189. The first-order chi connectivity index (χ1) is 16.2. The summed E-state index contributed by atoms with van der Waals surface area (Å²) in [6, 6.07) is 24.0. The van der Waals surface area contributed by atoms with E-state index in [2.05, 4.69) is 43.2 Å². The lowest BCUT2D eigenvalue weighted by molar-refractivity contribution is -0.141. The number of nitrogens with zero attached hydrogens (tertiary/aromatic N) is 1. The molecule has 0 aliphatic carbocycles. The van der Waals surface area contributed by atoms with Gasteiger partial charge in [-0.3, -0.25) is 0 Å². The Morgan fingerprint density at radius 3 is 1.53 bits per heavy atom. The van der Waals surface area contributed by atoms with Crippen LogP contribution in [0.4, 0.5) is 17.1 Å². The molecule has 0 amide bonds. The molecule has 0 atom stereocenters. The van der Waals surface area contributed by atoms with E-state index in [0.29, 0.717) is 11.1 Å². The van der Waals surface area contributed by atoms with Crippen molar-refractivity contribution in [1.82, 2.24) is 0 Å². The SMILES string of the molecule is C=C(C)C(=O)OCc1ccc(N(c2ccc(COC(=O)C(=C)C)cc2)c2cccc(C)c2)cc1. The third kappa shape index (κ3) is 6.45. The molecule has 3 rings (SSSR count). The third-order valence-electron chi connectivity index (χ3n) is 5.09. The molecular formula is C29H29NO4. The number of rotatable bonds is 9. The van der Waals surface area contributed by atoms with E-state index in [9.17, 15) is 9.59 Å². The zero-order valence-electron chi connectivity index (χ0n) is 19.8. The standard InChI is InChI=1S/C29H29NO4/c1-20(2)28(31)33-18-23-9-13-25(14-10-23)30(27-8-6-7-22(5)17-27)26-15-11-24(12-16-26)19-34-29(32)21(3)4/h6-17H,1,3,18-19H2,2,4-5H3. The highest BCUT2D eigenvalue weighted by Crippen LogP contribution is 2.35. The monoisotopic (exact) mass is 455 g/mol. The van der Waals surface area contributed by atoms with Gasteiger partial charge in [-0.25, -0.2) is 9.59 Å². The van der Waals surface area contributed by atoms with E-state index in [4.69, 9.17) is 9.47 Å². The van der Waals surface area contributed by atoms with Crippen LogP contribution in [-0.2, 0) is 32.3 Å². The van der Waals surface area contributed by atoms with Crippen molar-refractivity contribution in [2.24, 2.45) is 0 Å². The van der Waals surface area contributed by atoms with E-state index in [-0.39, 0.29) is 13.2 Å². The van der Waals surface area contributed by atoms with Crippen molar-refractivity contribution in [3.05, 3.63) is 114 Å². The first-order valence-corrected chi connectivity index (χ1v) is 10.9. The lowest BCUT2D eigenvalue weighted by atomic mass is 10.1. The molecule has 0 radical (unpaired) electrons. The Balaban J connectivity index is 1.85. The summed E-state index contributed by atoms with van der Waals surface area (Å²) in [4.78, 5) is 25.5. The van der Waals surface area contributed by atoms with E-state index >= 15 is 0 Å². The number of benzene rings is 3. The lowest BCUT2D eigenvalue weighted by Gasteiger charge is -2.26. The molecule has 0 aromatic heterocycles. The van der Waals surface area contributed by atoms with Crippen LogP contribution in [-0.4, -0.2) is 11.9 Å². The Kier molecular flexibility index (Phi) is 8.04. The first kappa shape index (κ1) is 24.5. The van der Waals surface area contributed by atoms with Crippen molar-refractivity contribution >= 4 is 29.0 Å². The van der Waals surface area contributed by atoms with Gasteiger partial charge in [-0.1, -0.05) is 49.6 Å². The molecule has 0 bridgehead atoms.